The number of aryl methyl sites for hydroxylation is 1. The lowest BCUT2D eigenvalue weighted by Gasteiger charge is -2.34. The summed E-state index contributed by atoms with van der Waals surface area (Å²) in [6.45, 7) is 6.27. The molecule has 2 heterocycles. The van der Waals surface area contributed by atoms with Crippen LogP contribution in [0.4, 0.5) is 0 Å². The largest absolute Gasteiger partial charge is 0.339 e. The SMILES string of the molecule is Cc1cc(-c2ccccc2)nc(SCC(=O)N2CCN(Cc3ccccc3)CC2)n1. The predicted octanol–water partition coefficient (Wildman–Crippen LogP) is 3.89. The lowest BCUT2D eigenvalue weighted by atomic mass is 10.1. The molecule has 0 unspecified atom stereocenters. The molecule has 0 aliphatic carbocycles. The summed E-state index contributed by atoms with van der Waals surface area (Å²) in [7, 11) is 0. The lowest BCUT2D eigenvalue weighted by molar-refractivity contribution is -0.130. The maximum absolute atomic E-state index is 12.7. The second-order valence-corrected chi connectivity index (χ2v) is 8.42. The van der Waals surface area contributed by atoms with Crippen molar-refractivity contribution >= 4 is 17.7 Å². The van der Waals surface area contributed by atoms with E-state index in [4.69, 9.17) is 0 Å². The Labute approximate surface area is 182 Å². The maximum atomic E-state index is 12.7. The van der Waals surface area contributed by atoms with Gasteiger partial charge in [0, 0.05) is 44.0 Å². The molecule has 0 radical (unpaired) electrons. The quantitative estimate of drug-likeness (QED) is 0.449. The molecular formula is C24H26N4OS. The molecule has 1 fully saturated rings. The van der Waals surface area contributed by atoms with E-state index >= 15 is 0 Å². The first-order valence-electron chi connectivity index (χ1n) is 10.3. The molecule has 6 heteroatoms. The topological polar surface area (TPSA) is 49.3 Å². The number of piperazine rings is 1. The van der Waals surface area contributed by atoms with E-state index in [0.717, 1.165) is 49.7 Å². The highest BCUT2D eigenvalue weighted by Crippen LogP contribution is 2.22. The number of carbonyl (C=O) groups is 1. The third-order valence-electron chi connectivity index (χ3n) is 5.20. The van der Waals surface area contributed by atoms with E-state index in [-0.39, 0.29) is 5.91 Å². The molecule has 1 aliphatic heterocycles. The van der Waals surface area contributed by atoms with Gasteiger partial charge in [0.15, 0.2) is 5.16 Å². The molecule has 2 aromatic carbocycles. The van der Waals surface area contributed by atoms with Gasteiger partial charge in [0.1, 0.15) is 0 Å². The van der Waals surface area contributed by atoms with Crippen LogP contribution in [0.5, 0.6) is 0 Å². The first-order valence-corrected chi connectivity index (χ1v) is 11.2. The van der Waals surface area contributed by atoms with Crippen molar-refractivity contribution in [1.29, 1.82) is 0 Å². The van der Waals surface area contributed by atoms with E-state index in [0.29, 0.717) is 10.9 Å². The van der Waals surface area contributed by atoms with Crippen LogP contribution in [0, 0.1) is 6.92 Å². The molecular weight excluding hydrogens is 392 g/mol. The molecule has 0 spiro atoms. The molecule has 3 aromatic rings. The zero-order valence-electron chi connectivity index (χ0n) is 17.2. The third-order valence-corrected chi connectivity index (χ3v) is 6.03. The summed E-state index contributed by atoms with van der Waals surface area (Å²) in [6, 6.07) is 22.5. The van der Waals surface area contributed by atoms with Crippen LogP contribution in [0.25, 0.3) is 11.3 Å². The summed E-state index contributed by atoms with van der Waals surface area (Å²) < 4.78 is 0. The van der Waals surface area contributed by atoms with Gasteiger partial charge < -0.3 is 4.90 Å². The summed E-state index contributed by atoms with van der Waals surface area (Å²) in [5.74, 6) is 0.529. The number of rotatable bonds is 6. The van der Waals surface area contributed by atoms with Crippen molar-refractivity contribution < 1.29 is 4.79 Å². The molecule has 1 aromatic heterocycles. The van der Waals surface area contributed by atoms with Crippen molar-refractivity contribution in [1.82, 2.24) is 19.8 Å². The molecule has 0 bridgehead atoms. The van der Waals surface area contributed by atoms with Crippen LogP contribution in [-0.4, -0.2) is 57.6 Å². The number of hydrogen-bond acceptors (Lipinski definition) is 5. The van der Waals surface area contributed by atoms with E-state index < -0.39 is 0 Å². The van der Waals surface area contributed by atoms with E-state index in [9.17, 15) is 4.79 Å². The number of thioether (sulfide) groups is 1. The molecule has 1 saturated heterocycles. The van der Waals surface area contributed by atoms with Gasteiger partial charge in [-0.3, -0.25) is 9.69 Å². The second kappa shape index (κ2) is 9.87. The van der Waals surface area contributed by atoms with Gasteiger partial charge in [0.05, 0.1) is 11.4 Å². The first-order chi connectivity index (χ1) is 14.7. The van der Waals surface area contributed by atoms with E-state index in [2.05, 4.69) is 39.1 Å². The van der Waals surface area contributed by atoms with E-state index in [1.807, 2.05) is 54.3 Å². The fourth-order valence-electron chi connectivity index (χ4n) is 3.58. The molecule has 1 aliphatic rings. The van der Waals surface area contributed by atoms with Gasteiger partial charge in [-0.05, 0) is 18.6 Å². The van der Waals surface area contributed by atoms with Gasteiger partial charge in [-0.1, -0.05) is 72.4 Å². The summed E-state index contributed by atoms with van der Waals surface area (Å²) in [5.41, 5.74) is 4.19. The summed E-state index contributed by atoms with van der Waals surface area (Å²) in [4.78, 5) is 26.2. The second-order valence-electron chi connectivity index (χ2n) is 7.47. The molecule has 1 amide bonds. The molecule has 0 atom stereocenters. The van der Waals surface area contributed by atoms with Gasteiger partial charge in [0.25, 0.3) is 0 Å². The van der Waals surface area contributed by atoms with Gasteiger partial charge in [-0.2, -0.15) is 0 Å². The zero-order valence-corrected chi connectivity index (χ0v) is 18.0. The smallest absolute Gasteiger partial charge is 0.233 e. The van der Waals surface area contributed by atoms with Gasteiger partial charge in [0.2, 0.25) is 5.91 Å². The Kier molecular flexibility index (Phi) is 6.77. The number of hydrogen-bond donors (Lipinski definition) is 0. The van der Waals surface area contributed by atoms with E-state index in [1.54, 1.807) is 0 Å². The van der Waals surface area contributed by atoms with Crippen LogP contribution in [0.2, 0.25) is 0 Å². The minimum Gasteiger partial charge on any atom is -0.339 e. The molecule has 0 N–H and O–H groups in total. The summed E-state index contributed by atoms with van der Waals surface area (Å²) in [6.07, 6.45) is 0. The van der Waals surface area contributed by atoms with Crippen LogP contribution in [-0.2, 0) is 11.3 Å². The highest BCUT2D eigenvalue weighted by Gasteiger charge is 2.21. The zero-order chi connectivity index (χ0) is 20.8. The number of carbonyl (C=O) groups excluding carboxylic acids is 1. The van der Waals surface area contributed by atoms with E-state index in [1.165, 1.54) is 17.3 Å². The van der Waals surface area contributed by atoms with Crippen LogP contribution in [0.15, 0.2) is 71.9 Å². The maximum Gasteiger partial charge on any atom is 0.233 e. The lowest BCUT2D eigenvalue weighted by Crippen LogP contribution is -2.48. The fraction of sp³-hybridized carbons (Fsp3) is 0.292. The highest BCUT2D eigenvalue weighted by atomic mass is 32.2. The monoisotopic (exact) mass is 418 g/mol. The normalized spacial score (nSPS) is 14.6. The average Bonchev–Trinajstić information content (AvgIpc) is 2.79. The van der Waals surface area contributed by atoms with Crippen LogP contribution in [0.3, 0.4) is 0 Å². The van der Waals surface area contributed by atoms with Crippen molar-refractivity contribution in [2.24, 2.45) is 0 Å². The number of aromatic nitrogens is 2. The fourth-order valence-corrected chi connectivity index (χ4v) is 4.38. The first kappa shape index (κ1) is 20.6. The third kappa shape index (κ3) is 5.46. The van der Waals surface area contributed by atoms with Crippen LogP contribution in [0.1, 0.15) is 11.3 Å². The van der Waals surface area contributed by atoms with Crippen molar-refractivity contribution in [3.8, 4) is 11.3 Å². The highest BCUT2D eigenvalue weighted by molar-refractivity contribution is 7.99. The Hall–Kier alpha value is -2.70. The van der Waals surface area contributed by atoms with Crippen molar-refractivity contribution in [2.45, 2.75) is 18.6 Å². The Bertz CT molecular complexity index is 973. The van der Waals surface area contributed by atoms with Gasteiger partial charge in [-0.15, -0.1) is 0 Å². The van der Waals surface area contributed by atoms with Gasteiger partial charge in [-0.25, -0.2) is 9.97 Å². The van der Waals surface area contributed by atoms with Crippen molar-refractivity contribution in [2.75, 3.05) is 31.9 Å². The molecule has 0 saturated carbocycles. The standard InChI is InChI=1S/C24H26N4OS/c1-19-16-22(21-10-6-3-7-11-21)26-24(25-19)30-18-23(29)28-14-12-27(13-15-28)17-20-8-4-2-5-9-20/h2-11,16H,12-15,17-18H2,1H3. The van der Waals surface area contributed by atoms with Crippen LogP contribution < -0.4 is 0 Å². The molecule has 154 valence electrons. The Balaban J connectivity index is 1.30. The minimum absolute atomic E-state index is 0.158. The molecule has 5 nitrogen and oxygen atoms in total. The number of amides is 1. The Morgan fingerprint density at radius 2 is 1.60 bits per heavy atom. The molecule has 4 rings (SSSR count). The Morgan fingerprint density at radius 1 is 0.933 bits per heavy atom. The van der Waals surface area contributed by atoms with Crippen molar-refractivity contribution in [3.05, 3.63) is 78.0 Å². The Morgan fingerprint density at radius 3 is 2.30 bits per heavy atom. The summed E-state index contributed by atoms with van der Waals surface area (Å²) in [5, 5.41) is 0.657. The summed E-state index contributed by atoms with van der Waals surface area (Å²) >= 11 is 1.42. The number of nitrogens with zero attached hydrogens (tertiary/aromatic N) is 4. The van der Waals surface area contributed by atoms with Crippen molar-refractivity contribution in [3.63, 3.8) is 0 Å². The molecule has 30 heavy (non-hydrogen) atoms. The van der Waals surface area contributed by atoms with Crippen LogP contribution >= 0.6 is 11.8 Å². The minimum atomic E-state index is 0.158. The predicted molar refractivity (Wildman–Crippen MR) is 121 cm³/mol. The average molecular weight is 419 g/mol. The number of benzene rings is 2. The van der Waals surface area contributed by atoms with Gasteiger partial charge >= 0.3 is 0 Å².